The second-order valence-electron chi connectivity index (χ2n) is 3.85. The van der Waals surface area contributed by atoms with Gasteiger partial charge in [0.05, 0.1) is 8.67 Å². The van der Waals surface area contributed by atoms with Gasteiger partial charge in [-0.3, -0.25) is 0 Å². The molecular formula is C11H18Cl2N2S. The molecule has 5 heteroatoms. The van der Waals surface area contributed by atoms with E-state index >= 15 is 0 Å². The van der Waals surface area contributed by atoms with Crippen LogP contribution in [0.1, 0.15) is 25.5 Å². The summed E-state index contributed by atoms with van der Waals surface area (Å²) in [6.45, 7) is 7.32. The lowest BCUT2D eigenvalue weighted by atomic mass is 10.2. The summed E-state index contributed by atoms with van der Waals surface area (Å²) < 4.78 is 1.54. The van der Waals surface area contributed by atoms with Gasteiger partial charge in [0.25, 0.3) is 0 Å². The summed E-state index contributed by atoms with van der Waals surface area (Å²) in [5.41, 5.74) is 1.09. The first-order chi connectivity index (χ1) is 7.54. The molecule has 92 valence electrons. The molecule has 1 N–H and O–H groups in total. The lowest BCUT2D eigenvalue weighted by Crippen LogP contribution is -2.30. The molecule has 1 unspecified atom stereocenters. The van der Waals surface area contributed by atoms with Crippen molar-refractivity contribution in [2.24, 2.45) is 0 Å². The number of rotatable bonds is 6. The standard InChI is InChI=1S/C11H18Cl2N2S/c1-4-15(3)6-5-14-8(2)9-7-10(12)16-11(9)13/h7-8,14H,4-6H2,1-3H3. The molecule has 0 saturated heterocycles. The first-order valence-electron chi connectivity index (χ1n) is 5.41. The summed E-state index contributed by atoms with van der Waals surface area (Å²) in [6, 6.07) is 2.19. The molecular weight excluding hydrogens is 263 g/mol. The Morgan fingerprint density at radius 1 is 1.50 bits per heavy atom. The Morgan fingerprint density at radius 3 is 2.69 bits per heavy atom. The van der Waals surface area contributed by atoms with Gasteiger partial charge in [0.1, 0.15) is 0 Å². The van der Waals surface area contributed by atoms with Crippen LogP contribution in [0, 0.1) is 0 Å². The van der Waals surface area contributed by atoms with Crippen molar-refractivity contribution in [2.75, 3.05) is 26.7 Å². The normalized spacial score (nSPS) is 13.4. The average molecular weight is 281 g/mol. The summed E-state index contributed by atoms with van der Waals surface area (Å²) in [7, 11) is 2.11. The van der Waals surface area contributed by atoms with Gasteiger partial charge in [-0.05, 0) is 32.1 Å². The van der Waals surface area contributed by atoms with Crippen molar-refractivity contribution in [3.05, 3.63) is 20.3 Å². The molecule has 0 aliphatic rings. The molecule has 1 aromatic heterocycles. The van der Waals surface area contributed by atoms with Crippen LogP contribution >= 0.6 is 34.5 Å². The SMILES string of the molecule is CCN(C)CCNC(C)c1cc(Cl)sc1Cl. The fraction of sp³-hybridized carbons (Fsp3) is 0.636. The summed E-state index contributed by atoms with van der Waals surface area (Å²) in [6.07, 6.45) is 0. The van der Waals surface area contributed by atoms with Crippen molar-refractivity contribution in [1.29, 1.82) is 0 Å². The van der Waals surface area contributed by atoms with Crippen LogP contribution in [0.2, 0.25) is 8.67 Å². The number of thiophene rings is 1. The van der Waals surface area contributed by atoms with Crippen LogP contribution in [0.3, 0.4) is 0 Å². The van der Waals surface area contributed by atoms with E-state index < -0.39 is 0 Å². The smallest absolute Gasteiger partial charge is 0.0991 e. The van der Waals surface area contributed by atoms with Crippen LogP contribution in [-0.2, 0) is 0 Å². The third-order valence-corrected chi connectivity index (χ3v) is 4.15. The van der Waals surface area contributed by atoms with Gasteiger partial charge in [0.15, 0.2) is 0 Å². The van der Waals surface area contributed by atoms with E-state index in [9.17, 15) is 0 Å². The predicted octanol–water partition coefficient (Wildman–Crippen LogP) is 3.66. The van der Waals surface area contributed by atoms with E-state index in [4.69, 9.17) is 23.2 Å². The molecule has 1 atom stereocenters. The van der Waals surface area contributed by atoms with Gasteiger partial charge in [0, 0.05) is 19.1 Å². The molecule has 1 heterocycles. The maximum atomic E-state index is 6.09. The van der Waals surface area contributed by atoms with Gasteiger partial charge in [-0.15, -0.1) is 11.3 Å². The Balaban J connectivity index is 2.40. The van der Waals surface area contributed by atoms with Gasteiger partial charge in [0.2, 0.25) is 0 Å². The van der Waals surface area contributed by atoms with Crippen LogP contribution in [0.5, 0.6) is 0 Å². The van der Waals surface area contributed by atoms with E-state index in [-0.39, 0.29) is 6.04 Å². The number of hydrogen-bond donors (Lipinski definition) is 1. The van der Waals surface area contributed by atoms with E-state index in [1.807, 2.05) is 6.07 Å². The van der Waals surface area contributed by atoms with Crippen molar-refractivity contribution in [3.63, 3.8) is 0 Å². The van der Waals surface area contributed by atoms with E-state index in [1.165, 1.54) is 11.3 Å². The summed E-state index contributed by atoms with van der Waals surface area (Å²) in [5, 5.41) is 3.44. The largest absolute Gasteiger partial charge is 0.309 e. The molecule has 0 saturated carbocycles. The monoisotopic (exact) mass is 280 g/mol. The Kier molecular flexibility index (Phi) is 6.08. The zero-order valence-corrected chi connectivity index (χ0v) is 12.2. The summed E-state index contributed by atoms with van der Waals surface area (Å²) in [5.74, 6) is 0. The highest BCUT2D eigenvalue weighted by Crippen LogP contribution is 2.34. The van der Waals surface area contributed by atoms with Crippen molar-refractivity contribution >= 4 is 34.5 Å². The molecule has 0 spiro atoms. The number of nitrogens with one attached hydrogen (secondary N) is 1. The minimum absolute atomic E-state index is 0.251. The molecule has 0 fully saturated rings. The molecule has 0 bridgehead atoms. The molecule has 0 aliphatic heterocycles. The van der Waals surface area contributed by atoms with Crippen LogP contribution in [0.4, 0.5) is 0 Å². The number of halogens is 2. The van der Waals surface area contributed by atoms with Gasteiger partial charge in [-0.25, -0.2) is 0 Å². The highest BCUT2D eigenvalue weighted by Gasteiger charge is 2.12. The topological polar surface area (TPSA) is 15.3 Å². The van der Waals surface area contributed by atoms with E-state index in [0.717, 1.165) is 33.9 Å². The van der Waals surface area contributed by atoms with E-state index in [0.29, 0.717) is 0 Å². The van der Waals surface area contributed by atoms with E-state index in [2.05, 4.69) is 31.1 Å². The molecule has 0 amide bonds. The quantitative estimate of drug-likeness (QED) is 0.856. The van der Waals surface area contributed by atoms with Crippen molar-refractivity contribution in [1.82, 2.24) is 10.2 Å². The van der Waals surface area contributed by atoms with Crippen molar-refractivity contribution in [3.8, 4) is 0 Å². The lowest BCUT2D eigenvalue weighted by molar-refractivity contribution is 0.342. The maximum absolute atomic E-state index is 6.09. The molecule has 1 rings (SSSR count). The third kappa shape index (κ3) is 4.22. The fourth-order valence-corrected chi connectivity index (χ4v) is 3.03. The van der Waals surface area contributed by atoms with Crippen LogP contribution < -0.4 is 5.32 Å². The lowest BCUT2D eigenvalue weighted by Gasteiger charge is -2.17. The minimum Gasteiger partial charge on any atom is -0.309 e. The van der Waals surface area contributed by atoms with Crippen LogP contribution in [0.25, 0.3) is 0 Å². The number of hydrogen-bond acceptors (Lipinski definition) is 3. The Bertz CT molecular complexity index is 328. The molecule has 0 aromatic carbocycles. The maximum Gasteiger partial charge on any atom is 0.0991 e. The summed E-state index contributed by atoms with van der Waals surface area (Å²) in [4.78, 5) is 2.27. The third-order valence-electron chi connectivity index (χ3n) is 2.63. The fourth-order valence-electron chi connectivity index (χ4n) is 1.39. The highest BCUT2D eigenvalue weighted by molar-refractivity contribution is 7.20. The molecule has 0 radical (unpaired) electrons. The van der Waals surface area contributed by atoms with Crippen molar-refractivity contribution in [2.45, 2.75) is 19.9 Å². The van der Waals surface area contributed by atoms with Crippen LogP contribution in [0.15, 0.2) is 6.07 Å². The zero-order chi connectivity index (χ0) is 12.1. The van der Waals surface area contributed by atoms with Gasteiger partial charge < -0.3 is 10.2 Å². The molecule has 16 heavy (non-hydrogen) atoms. The van der Waals surface area contributed by atoms with Gasteiger partial charge in [-0.2, -0.15) is 0 Å². The first-order valence-corrected chi connectivity index (χ1v) is 6.98. The Hall–Kier alpha value is 0.200. The predicted molar refractivity (Wildman–Crippen MR) is 73.9 cm³/mol. The number of nitrogens with zero attached hydrogens (tertiary/aromatic N) is 1. The van der Waals surface area contributed by atoms with Crippen molar-refractivity contribution < 1.29 is 0 Å². The van der Waals surface area contributed by atoms with E-state index in [1.54, 1.807) is 0 Å². The second kappa shape index (κ2) is 6.82. The Labute approximate surface area is 112 Å². The average Bonchev–Trinajstić information content (AvgIpc) is 2.57. The summed E-state index contributed by atoms with van der Waals surface area (Å²) >= 11 is 13.4. The van der Waals surface area contributed by atoms with Crippen LogP contribution in [-0.4, -0.2) is 31.6 Å². The zero-order valence-electron chi connectivity index (χ0n) is 9.89. The molecule has 2 nitrogen and oxygen atoms in total. The second-order valence-corrected chi connectivity index (χ2v) is 6.14. The first kappa shape index (κ1) is 14.3. The molecule has 1 aromatic rings. The Morgan fingerprint density at radius 2 is 2.19 bits per heavy atom. The number of likely N-dealkylation sites (N-methyl/N-ethyl adjacent to an activating group) is 1. The molecule has 0 aliphatic carbocycles. The van der Waals surface area contributed by atoms with Gasteiger partial charge in [-0.1, -0.05) is 30.1 Å². The van der Waals surface area contributed by atoms with Gasteiger partial charge >= 0.3 is 0 Å². The minimum atomic E-state index is 0.251. The highest BCUT2D eigenvalue weighted by atomic mass is 35.5.